The third-order valence-corrected chi connectivity index (χ3v) is 6.64. The van der Waals surface area contributed by atoms with Gasteiger partial charge in [-0.3, -0.25) is 0 Å². The molecule has 0 aliphatic carbocycles. The Balaban J connectivity index is 3.27. The number of hydrogen-bond acceptors (Lipinski definition) is 3. The van der Waals surface area contributed by atoms with Crippen molar-refractivity contribution in [1.29, 1.82) is 0 Å². The summed E-state index contributed by atoms with van der Waals surface area (Å²) in [5, 5.41) is 0. The van der Waals surface area contributed by atoms with Gasteiger partial charge in [-0.25, -0.2) is 4.79 Å². The first-order chi connectivity index (χ1) is 18.8. The van der Waals surface area contributed by atoms with Crippen molar-refractivity contribution in [2.75, 3.05) is 13.2 Å². The van der Waals surface area contributed by atoms with Gasteiger partial charge in [-0.1, -0.05) is 133 Å². The number of hydrogen-bond donors (Lipinski definition) is 0. The highest BCUT2D eigenvalue weighted by molar-refractivity contribution is 5.59. The third kappa shape index (κ3) is 32.3. The molecule has 0 amide bonds. The fraction of sp³-hybridized carbons (Fsp3) is 0.743. The summed E-state index contributed by atoms with van der Waals surface area (Å²) in [7, 11) is 0. The molecule has 0 saturated heterocycles. The Kier molecular flexibility index (Phi) is 31.7. The van der Waals surface area contributed by atoms with Crippen molar-refractivity contribution in [3.8, 4) is 0 Å². The molecule has 0 N–H and O–H groups in total. The minimum absolute atomic E-state index is 0.483. The van der Waals surface area contributed by atoms with E-state index < -0.39 is 6.16 Å². The molecular formula is C35H62O3. The zero-order chi connectivity index (χ0) is 27.6. The Bertz CT molecular complexity index is 588. The maximum Gasteiger partial charge on any atom is 0.508 e. The van der Waals surface area contributed by atoms with Gasteiger partial charge in [0.25, 0.3) is 0 Å². The van der Waals surface area contributed by atoms with Gasteiger partial charge < -0.3 is 9.47 Å². The number of rotatable bonds is 28. The van der Waals surface area contributed by atoms with Crippen LogP contribution in [0.15, 0.2) is 48.6 Å². The number of carbonyl (C=O) groups excluding carboxylic acids is 1. The highest BCUT2D eigenvalue weighted by Gasteiger charge is 2.03. The molecule has 0 saturated carbocycles. The van der Waals surface area contributed by atoms with Crippen LogP contribution in [0.4, 0.5) is 4.79 Å². The fourth-order valence-electron chi connectivity index (χ4n) is 4.25. The average Bonchev–Trinajstić information content (AvgIpc) is 2.92. The van der Waals surface area contributed by atoms with Gasteiger partial charge in [-0.05, 0) is 70.6 Å². The van der Waals surface area contributed by atoms with E-state index in [1.165, 1.54) is 96.3 Å². The second-order valence-electron chi connectivity index (χ2n) is 10.4. The number of allylic oxidation sites excluding steroid dienone is 8. The van der Waals surface area contributed by atoms with Gasteiger partial charge in [0.2, 0.25) is 0 Å². The molecule has 0 heterocycles. The minimum Gasteiger partial charge on any atom is -0.434 e. The molecule has 0 radical (unpaired) electrons. The zero-order valence-electron chi connectivity index (χ0n) is 25.3. The van der Waals surface area contributed by atoms with Crippen LogP contribution in [-0.4, -0.2) is 19.4 Å². The van der Waals surface area contributed by atoms with Crippen molar-refractivity contribution in [3.05, 3.63) is 48.6 Å². The summed E-state index contributed by atoms with van der Waals surface area (Å²) in [5.74, 6) is 0. The van der Waals surface area contributed by atoms with Crippen LogP contribution in [-0.2, 0) is 9.47 Å². The molecule has 0 rings (SSSR count). The molecule has 0 aliphatic rings. The van der Waals surface area contributed by atoms with Gasteiger partial charge in [0.15, 0.2) is 0 Å². The minimum atomic E-state index is -0.495. The second-order valence-corrected chi connectivity index (χ2v) is 10.4. The zero-order valence-corrected chi connectivity index (χ0v) is 25.3. The molecule has 3 nitrogen and oxygen atoms in total. The van der Waals surface area contributed by atoms with E-state index in [9.17, 15) is 4.79 Å². The van der Waals surface area contributed by atoms with Crippen LogP contribution in [0, 0.1) is 0 Å². The Hall–Kier alpha value is -1.77. The summed E-state index contributed by atoms with van der Waals surface area (Å²) in [5.41, 5.74) is 0. The smallest absolute Gasteiger partial charge is 0.434 e. The largest absolute Gasteiger partial charge is 0.508 e. The summed E-state index contributed by atoms with van der Waals surface area (Å²) < 4.78 is 10.4. The van der Waals surface area contributed by atoms with Crippen molar-refractivity contribution in [2.45, 2.75) is 155 Å². The van der Waals surface area contributed by atoms with Gasteiger partial charge in [0.1, 0.15) is 0 Å². The highest BCUT2D eigenvalue weighted by atomic mass is 16.7. The Morgan fingerprint density at radius 2 is 0.816 bits per heavy atom. The quantitative estimate of drug-likeness (QED) is 0.0573. The van der Waals surface area contributed by atoms with Gasteiger partial charge in [0, 0.05) is 0 Å². The van der Waals surface area contributed by atoms with E-state index in [4.69, 9.17) is 9.47 Å². The topological polar surface area (TPSA) is 35.5 Å². The monoisotopic (exact) mass is 530 g/mol. The van der Waals surface area contributed by atoms with Gasteiger partial charge >= 0.3 is 6.16 Å². The summed E-state index contributed by atoms with van der Waals surface area (Å²) in [6.07, 6.45) is 44.2. The summed E-state index contributed by atoms with van der Waals surface area (Å²) in [4.78, 5) is 11.7. The van der Waals surface area contributed by atoms with Crippen molar-refractivity contribution in [1.82, 2.24) is 0 Å². The Morgan fingerprint density at radius 3 is 1.29 bits per heavy atom. The van der Waals surface area contributed by atoms with E-state index in [0.717, 1.165) is 44.9 Å². The van der Waals surface area contributed by atoms with Crippen LogP contribution in [0.1, 0.15) is 155 Å². The first-order valence-corrected chi connectivity index (χ1v) is 16.2. The van der Waals surface area contributed by atoms with Crippen LogP contribution < -0.4 is 0 Å². The fourth-order valence-corrected chi connectivity index (χ4v) is 4.25. The predicted molar refractivity (Wildman–Crippen MR) is 167 cm³/mol. The molecule has 0 fully saturated rings. The van der Waals surface area contributed by atoms with Crippen LogP contribution >= 0.6 is 0 Å². The number of carbonyl (C=O) groups is 1. The standard InChI is InChI=1S/C35H62O3/c1-3-5-7-9-11-13-15-17-19-20-22-24-26-28-30-32-34-38-35(36)37-33-31-29-27-25-23-21-18-16-14-12-10-8-6-4-2/h5,7,11,13-14,16-17,19H,3-4,6,8-10,12,15,18,20-34H2,1-2H3. The molecule has 0 aromatic heterocycles. The van der Waals surface area contributed by atoms with Crippen LogP contribution in [0.3, 0.4) is 0 Å². The first-order valence-electron chi connectivity index (χ1n) is 16.2. The van der Waals surface area contributed by atoms with Crippen LogP contribution in [0.5, 0.6) is 0 Å². The SMILES string of the molecule is CCC=CCC=CCC=CCCCCCCCCOC(=O)OCCCCCCCCC=CCCCCCC. The third-order valence-electron chi connectivity index (χ3n) is 6.64. The lowest BCUT2D eigenvalue weighted by Crippen LogP contribution is -2.09. The predicted octanol–water partition coefficient (Wildman–Crippen LogP) is 12.0. The molecule has 0 bridgehead atoms. The van der Waals surface area contributed by atoms with Crippen molar-refractivity contribution in [3.63, 3.8) is 0 Å². The molecule has 38 heavy (non-hydrogen) atoms. The van der Waals surface area contributed by atoms with E-state index in [0.29, 0.717) is 13.2 Å². The van der Waals surface area contributed by atoms with Gasteiger partial charge in [-0.2, -0.15) is 0 Å². The van der Waals surface area contributed by atoms with Crippen molar-refractivity contribution < 1.29 is 14.3 Å². The van der Waals surface area contributed by atoms with E-state index in [1.807, 2.05) is 0 Å². The molecule has 0 unspecified atom stereocenters. The molecule has 3 heteroatoms. The number of unbranched alkanes of at least 4 members (excludes halogenated alkanes) is 16. The first kappa shape index (κ1) is 36.2. The summed E-state index contributed by atoms with van der Waals surface area (Å²) >= 11 is 0. The average molecular weight is 531 g/mol. The lowest BCUT2D eigenvalue weighted by molar-refractivity contribution is 0.0529. The lowest BCUT2D eigenvalue weighted by Gasteiger charge is -2.06. The normalized spacial score (nSPS) is 12.1. The van der Waals surface area contributed by atoms with Crippen molar-refractivity contribution in [2.24, 2.45) is 0 Å². The molecule has 0 aromatic rings. The molecular weight excluding hydrogens is 468 g/mol. The maximum atomic E-state index is 11.7. The molecule has 0 spiro atoms. The van der Waals surface area contributed by atoms with Crippen molar-refractivity contribution >= 4 is 6.16 Å². The van der Waals surface area contributed by atoms with Crippen LogP contribution in [0.2, 0.25) is 0 Å². The van der Waals surface area contributed by atoms with E-state index in [1.54, 1.807) is 0 Å². The molecule has 0 aromatic carbocycles. The second kappa shape index (κ2) is 33.3. The summed E-state index contributed by atoms with van der Waals surface area (Å²) in [6, 6.07) is 0. The maximum absolute atomic E-state index is 11.7. The summed E-state index contributed by atoms with van der Waals surface area (Å²) in [6.45, 7) is 5.39. The molecule has 0 aliphatic heterocycles. The van der Waals surface area contributed by atoms with Gasteiger partial charge in [0.05, 0.1) is 13.2 Å². The van der Waals surface area contributed by atoms with E-state index in [2.05, 4.69) is 62.5 Å². The van der Waals surface area contributed by atoms with E-state index >= 15 is 0 Å². The molecule has 220 valence electrons. The van der Waals surface area contributed by atoms with E-state index in [-0.39, 0.29) is 0 Å². The number of ether oxygens (including phenoxy) is 2. The Labute approximate surface area is 237 Å². The van der Waals surface area contributed by atoms with Crippen LogP contribution in [0.25, 0.3) is 0 Å². The van der Waals surface area contributed by atoms with Gasteiger partial charge in [-0.15, -0.1) is 0 Å². The Morgan fingerprint density at radius 1 is 0.447 bits per heavy atom. The highest BCUT2D eigenvalue weighted by Crippen LogP contribution is 2.10. The molecule has 0 atom stereocenters. The lowest BCUT2D eigenvalue weighted by atomic mass is 10.1.